The van der Waals surface area contributed by atoms with Crippen LogP contribution < -0.4 is 11.1 Å². The van der Waals surface area contributed by atoms with Crippen molar-refractivity contribution in [2.45, 2.75) is 25.3 Å². The fraction of sp³-hybridized carbons (Fsp3) is 0.294. The fourth-order valence-electron chi connectivity index (χ4n) is 2.39. The molecule has 2 rings (SSSR count). The van der Waals surface area contributed by atoms with Gasteiger partial charge in [0, 0.05) is 6.54 Å². The number of nitrogens with one attached hydrogen (secondary N) is 1. The molecule has 21 heavy (non-hydrogen) atoms. The van der Waals surface area contributed by atoms with Crippen molar-refractivity contribution in [1.29, 1.82) is 0 Å². The lowest BCUT2D eigenvalue weighted by Crippen LogP contribution is -2.47. The molecule has 4 heteroatoms. The zero-order valence-corrected chi connectivity index (χ0v) is 12.8. The van der Waals surface area contributed by atoms with Gasteiger partial charge in [0.1, 0.15) is 5.82 Å². The van der Waals surface area contributed by atoms with Crippen LogP contribution in [-0.2, 0) is 6.42 Å². The van der Waals surface area contributed by atoms with Crippen LogP contribution in [0.2, 0.25) is 5.02 Å². The summed E-state index contributed by atoms with van der Waals surface area (Å²) in [4.78, 5) is 0. The molecule has 0 aliphatic heterocycles. The first kappa shape index (κ1) is 15.8. The van der Waals surface area contributed by atoms with E-state index in [9.17, 15) is 4.39 Å². The Morgan fingerprint density at radius 3 is 2.52 bits per heavy atom. The molecule has 2 aromatic rings. The second-order valence-corrected chi connectivity index (χ2v) is 5.66. The quantitative estimate of drug-likeness (QED) is 0.837. The highest BCUT2D eigenvalue weighted by atomic mass is 35.5. The van der Waals surface area contributed by atoms with E-state index in [-0.39, 0.29) is 11.4 Å². The predicted octanol–water partition coefficient (Wildman–Crippen LogP) is 4.24. The van der Waals surface area contributed by atoms with Gasteiger partial charge >= 0.3 is 0 Å². The first-order chi connectivity index (χ1) is 10.1. The molecule has 0 aromatic heterocycles. The van der Waals surface area contributed by atoms with Crippen molar-refractivity contribution < 1.29 is 4.39 Å². The maximum absolute atomic E-state index is 13.4. The Morgan fingerprint density at radius 2 is 1.90 bits per heavy atom. The standard InChI is InChI=1S/C17H20ClFN2/c1-2-17(12-20,11-13-6-4-3-5-7-13)21-16-10-14(19)8-9-15(16)18/h3-10,21H,2,11-12,20H2,1H3. The van der Waals surface area contributed by atoms with Crippen molar-refractivity contribution in [2.75, 3.05) is 11.9 Å². The fourth-order valence-corrected chi connectivity index (χ4v) is 2.56. The molecular formula is C17H20ClFN2. The first-order valence-electron chi connectivity index (χ1n) is 7.06. The van der Waals surface area contributed by atoms with Gasteiger partial charge in [-0.15, -0.1) is 0 Å². The molecule has 0 heterocycles. The molecule has 0 saturated carbocycles. The maximum atomic E-state index is 13.4. The number of benzene rings is 2. The molecule has 0 bridgehead atoms. The van der Waals surface area contributed by atoms with Gasteiger partial charge in [-0.25, -0.2) is 4.39 Å². The third kappa shape index (κ3) is 3.96. The summed E-state index contributed by atoms with van der Waals surface area (Å²) >= 11 is 6.15. The van der Waals surface area contributed by atoms with Crippen LogP contribution in [0.1, 0.15) is 18.9 Å². The molecule has 2 nitrogen and oxygen atoms in total. The highest BCUT2D eigenvalue weighted by Crippen LogP contribution is 2.28. The van der Waals surface area contributed by atoms with Gasteiger partial charge in [0.05, 0.1) is 16.2 Å². The zero-order chi connectivity index (χ0) is 15.3. The van der Waals surface area contributed by atoms with E-state index in [4.69, 9.17) is 17.3 Å². The molecule has 0 saturated heterocycles. The monoisotopic (exact) mass is 306 g/mol. The van der Waals surface area contributed by atoms with Crippen molar-refractivity contribution in [3.8, 4) is 0 Å². The molecule has 1 atom stereocenters. The van der Waals surface area contributed by atoms with Crippen molar-refractivity contribution in [3.63, 3.8) is 0 Å². The van der Waals surface area contributed by atoms with Gasteiger partial charge < -0.3 is 11.1 Å². The first-order valence-corrected chi connectivity index (χ1v) is 7.43. The Hall–Kier alpha value is -1.58. The second-order valence-electron chi connectivity index (χ2n) is 5.25. The second kappa shape index (κ2) is 6.92. The Kier molecular flexibility index (Phi) is 5.21. The van der Waals surface area contributed by atoms with E-state index < -0.39 is 0 Å². The molecule has 0 amide bonds. The Labute approximate surface area is 130 Å². The van der Waals surface area contributed by atoms with Crippen LogP contribution in [0.3, 0.4) is 0 Å². The zero-order valence-electron chi connectivity index (χ0n) is 12.1. The minimum atomic E-state index is -0.348. The Balaban J connectivity index is 2.27. The molecule has 3 N–H and O–H groups in total. The van der Waals surface area contributed by atoms with E-state index in [1.165, 1.54) is 17.7 Å². The summed E-state index contributed by atoms with van der Waals surface area (Å²) in [7, 11) is 0. The van der Waals surface area contributed by atoms with Gasteiger partial charge in [0.25, 0.3) is 0 Å². The number of nitrogens with two attached hydrogens (primary N) is 1. The molecule has 2 aromatic carbocycles. The summed E-state index contributed by atoms with van der Waals surface area (Å²) in [5, 5.41) is 3.85. The van der Waals surface area contributed by atoms with Gasteiger partial charge in [-0.3, -0.25) is 0 Å². The summed E-state index contributed by atoms with van der Waals surface area (Å²) in [6.45, 7) is 2.50. The van der Waals surface area contributed by atoms with Gasteiger partial charge in [-0.2, -0.15) is 0 Å². The average molecular weight is 307 g/mol. The molecule has 0 spiro atoms. The van der Waals surface area contributed by atoms with E-state index >= 15 is 0 Å². The maximum Gasteiger partial charge on any atom is 0.125 e. The minimum absolute atomic E-state index is 0.316. The molecule has 1 unspecified atom stereocenters. The highest BCUT2D eigenvalue weighted by molar-refractivity contribution is 6.33. The van der Waals surface area contributed by atoms with Crippen molar-refractivity contribution in [1.82, 2.24) is 0 Å². The van der Waals surface area contributed by atoms with Crippen LogP contribution in [0.5, 0.6) is 0 Å². The summed E-state index contributed by atoms with van der Waals surface area (Å²) < 4.78 is 13.4. The highest BCUT2D eigenvalue weighted by Gasteiger charge is 2.27. The molecule has 112 valence electrons. The van der Waals surface area contributed by atoms with Gasteiger partial charge in [0.15, 0.2) is 0 Å². The van der Waals surface area contributed by atoms with Crippen LogP contribution in [0.4, 0.5) is 10.1 Å². The van der Waals surface area contributed by atoms with E-state index in [2.05, 4.69) is 24.4 Å². The summed E-state index contributed by atoms with van der Waals surface area (Å²) in [6, 6.07) is 14.4. The van der Waals surface area contributed by atoms with Crippen LogP contribution >= 0.6 is 11.6 Å². The van der Waals surface area contributed by atoms with Crippen LogP contribution in [0.25, 0.3) is 0 Å². The number of hydrogen-bond donors (Lipinski definition) is 2. The van der Waals surface area contributed by atoms with E-state index in [0.717, 1.165) is 12.8 Å². The SMILES string of the molecule is CCC(CN)(Cc1ccccc1)Nc1cc(F)ccc1Cl. The summed E-state index contributed by atoms with van der Waals surface area (Å²) in [6.07, 6.45) is 1.57. The van der Waals surface area contributed by atoms with E-state index in [1.54, 1.807) is 6.07 Å². The van der Waals surface area contributed by atoms with Gasteiger partial charge in [-0.05, 0) is 36.6 Å². The van der Waals surface area contributed by atoms with Crippen molar-refractivity contribution >= 4 is 17.3 Å². The lowest BCUT2D eigenvalue weighted by Gasteiger charge is -2.34. The van der Waals surface area contributed by atoms with E-state index in [0.29, 0.717) is 17.3 Å². The number of rotatable bonds is 6. The van der Waals surface area contributed by atoms with Crippen LogP contribution in [0, 0.1) is 5.82 Å². The van der Waals surface area contributed by atoms with Crippen molar-refractivity contribution in [3.05, 3.63) is 64.9 Å². The van der Waals surface area contributed by atoms with Gasteiger partial charge in [-0.1, -0.05) is 48.9 Å². The van der Waals surface area contributed by atoms with Crippen molar-refractivity contribution in [2.24, 2.45) is 5.73 Å². The van der Waals surface area contributed by atoms with E-state index in [1.807, 2.05) is 18.2 Å². The Morgan fingerprint density at radius 1 is 1.19 bits per heavy atom. The minimum Gasteiger partial charge on any atom is -0.377 e. The topological polar surface area (TPSA) is 38.0 Å². The average Bonchev–Trinajstić information content (AvgIpc) is 2.51. The number of hydrogen-bond acceptors (Lipinski definition) is 2. The van der Waals surface area contributed by atoms with Gasteiger partial charge in [0.2, 0.25) is 0 Å². The molecule has 0 radical (unpaired) electrons. The third-order valence-electron chi connectivity index (χ3n) is 3.78. The lowest BCUT2D eigenvalue weighted by molar-refractivity contribution is 0.457. The number of halogens is 2. The molecular weight excluding hydrogens is 287 g/mol. The predicted molar refractivity (Wildman–Crippen MR) is 87.3 cm³/mol. The molecule has 0 aliphatic rings. The third-order valence-corrected chi connectivity index (χ3v) is 4.11. The lowest BCUT2D eigenvalue weighted by atomic mass is 9.87. The summed E-state index contributed by atoms with van der Waals surface area (Å²) in [5.41, 5.74) is 7.42. The molecule has 0 aliphatic carbocycles. The van der Waals surface area contributed by atoms with Crippen LogP contribution in [-0.4, -0.2) is 12.1 Å². The largest absolute Gasteiger partial charge is 0.377 e. The smallest absolute Gasteiger partial charge is 0.125 e. The Bertz CT molecular complexity index is 583. The summed E-state index contributed by atoms with van der Waals surface area (Å²) in [5.74, 6) is -0.316. The molecule has 0 fully saturated rings. The van der Waals surface area contributed by atoms with Crippen LogP contribution in [0.15, 0.2) is 48.5 Å². The number of anilines is 1. The normalized spacial score (nSPS) is 13.7.